The first kappa shape index (κ1) is 23.5. The quantitative estimate of drug-likeness (QED) is 0.732. The second kappa shape index (κ2) is 9.56. The predicted octanol–water partition coefficient (Wildman–Crippen LogP) is 2.69. The average Bonchev–Trinajstić information content (AvgIpc) is 2.75. The first-order valence-electron chi connectivity index (χ1n) is 10.4. The molecule has 0 saturated carbocycles. The third-order valence-corrected chi connectivity index (χ3v) is 7.66. The summed E-state index contributed by atoms with van der Waals surface area (Å²) in [6.45, 7) is 4.39. The molecule has 2 aromatic carbocycles. The van der Waals surface area contributed by atoms with Crippen molar-refractivity contribution in [3.63, 3.8) is 0 Å². The van der Waals surface area contributed by atoms with E-state index in [1.165, 1.54) is 4.31 Å². The minimum absolute atomic E-state index is 0.0658. The van der Waals surface area contributed by atoms with Crippen LogP contribution in [-0.2, 0) is 10.0 Å². The van der Waals surface area contributed by atoms with Crippen molar-refractivity contribution in [1.29, 1.82) is 0 Å². The van der Waals surface area contributed by atoms with Gasteiger partial charge in [0.25, 0.3) is 0 Å². The Bertz CT molecular complexity index is 992. The lowest BCUT2D eigenvalue weighted by atomic mass is 10.0. The minimum atomic E-state index is -3.83. The van der Waals surface area contributed by atoms with Crippen molar-refractivity contribution < 1.29 is 23.0 Å². The van der Waals surface area contributed by atoms with E-state index in [0.717, 1.165) is 16.9 Å². The van der Waals surface area contributed by atoms with Gasteiger partial charge in [0.05, 0.1) is 13.7 Å². The fourth-order valence-corrected chi connectivity index (χ4v) is 5.59. The summed E-state index contributed by atoms with van der Waals surface area (Å²) in [6.07, 6.45) is -0.205. The zero-order chi connectivity index (χ0) is 22.8. The Morgan fingerprint density at radius 3 is 2.42 bits per heavy atom. The molecular formula is C23H32N2O5S. The van der Waals surface area contributed by atoms with Crippen LogP contribution in [0.5, 0.6) is 11.5 Å². The molecular weight excluding hydrogens is 416 g/mol. The van der Waals surface area contributed by atoms with Crippen molar-refractivity contribution in [2.24, 2.45) is 5.92 Å². The van der Waals surface area contributed by atoms with Crippen LogP contribution in [0, 0.1) is 5.92 Å². The second-order valence-corrected chi connectivity index (χ2v) is 10.3. The van der Waals surface area contributed by atoms with Crippen LogP contribution in [-0.4, -0.2) is 75.8 Å². The van der Waals surface area contributed by atoms with Crippen molar-refractivity contribution in [2.45, 2.75) is 30.9 Å². The number of fused-ring (bicyclic) bond motifs is 1. The second-order valence-electron chi connectivity index (χ2n) is 8.39. The number of aliphatic hydroxyl groups excluding tert-OH is 1. The molecule has 0 bridgehead atoms. The molecule has 0 radical (unpaired) electrons. The molecule has 0 aliphatic carbocycles. The smallest absolute Gasteiger partial charge is 0.247 e. The topological polar surface area (TPSA) is 79.3 Å². The summed E-state index contributed by atoms with van der Waals surface area (Å²) in [7, 11) is 1.71. The van der Waals surface area contributed by atoms with Gasteiger partial charge in [0.2, 0.25) is 10.0 Å². The number of aliphatic hydroxyl groups is 1. The third kappa shape index (κ3) is 5.03. The molecule has 1 aliphatic rings. The van der Waals surface area contributed by atoms with Gasteiger partial charge in [0.1, 0.15) is 22.5 Å². The summed E-state index contributed by atoms with van der Waals surface area (Å²) in [4.78, 5) is 2.16. The van der Waals surface area contributed by atoms with E-state index in [4.69, 9.17) is 9.47 Å². The molecule has 0 unspecified atom stereocenters. The summed E-state index contributed by atoms with van der Waals surface area (Å²) in [5, 5.41) is 9.71. The van der Waals surface area contributed by atoms with Gasteiger partial charge >= 0.3 is 0 Å². The lowest BCUT2D eigenvalue weighted by molar-refractivity contribution is 0.0813. The molecule has 31 heavy (non-hydrogen) atoms. The lowest BCUT2D eigenvalue weighted by Gasteiger charge is -2.37. The van der Waals surface area contributed by atoms with Gasteiger partial charge in [0.15, 0.2) is 0 Å². The first-order valence-corrected chi connectivity index (χ1v) is 11.8. The first-order chi connectivity index (χ1) is 14.7. The van der Waals surface area contributed by atoms with Crippen LogP contribution in [0.15, 0.2) is 47.4 Å². The number of rotatable bonds is 6. The standard InChI is InChI=1S/C23H32N2O5S/c1-16-13-25(17(2)15-26)31(27,28)23-11-8-19(18-6-9-20(29-5)10-7-18)12-21(23)30-22(16)14-24(3)4/h6-12,16-17,22,26H,13-15H2,1-5H3/t16-,17+,22-/m0/s1. The maximum atomic E-state index is 13.5. The highest BCUT2D eigenvalue weighted by Gasteiger charge is 2.37. The molecule has 3 atom stereocenters. The average molecular weight is 449 g/mol. The van der Waals surface area contributed by atoms with Crippen LogP contribution < -0.4 is 9.47 Å². The summed E-state index contributed by atoms with van der Waals surface area (Å²) in [6, 6.07) is 12.2. The molecule has 3 rings (SSSR count). The maximum Gasteiger partial charge on any atom is 0.247 e. The maximum absolute atomic E-state index is 13.5. The zero-order valence-electron chi connectivity index (χ0n) is 18.8. The van der Waals surface area contributed by atoms with Crippen molar-refractivity contribution >= 4 is 10.0 Å². The van der Waals surface area contributed by atoms with Crippen molar-refractivity contribution in [1.82, 2.24) is 9.21 Å². The Labute approximate surface area is 185 Å². The fraction of sp³-hybridized carbons (Fsp3) is 0.478. The van der Waals surface area contributed by atoms with Crippen LogP contribution in [0.3, 0.4) is 0 Å². The van der Waals surface area contributed by atoms with Crippen LogP contribution in [0.4, 0.5) is 0 Å². The van der Waals surface area contributed by atoms with E-state index in [0.29, 0.717) is 12.3 Å². The highest BCUT2D eigenvalue weighted by Crippen LogP contribution is 2.36. The highest BCUT2D eigenvalue weighted by atomic mass is 32.2. The van der Waals surface area contributed by atoms with Crippen molar-refractivity contribution in [3.8, 4) is 22.6 Å². The Balaban J connectivity index is 2.12. The Morgan fingerprint density at radius 2 is 1.84 bits per heavy atom. The van der Waals surface area contributed by atoms with Gasteiger partial charge in [0, 0.05) is 25.0 Å². The van der Waals surface area contributed by atoms with Gasteiger partial charge in [-0.25, -0.2) is 8.42 Å². The SMILES string of the molecule is COc1ccc(-c2ccc3c(c2)O[C@@H](CN(C)C)[C@@H](C)CN([C@H](C)CO)S3(=O)=O)cc1. The molecule has 8 heteroatoms. The predicted molar refractivity (Wildman–Crippen MR) is 121 cm³/mol. The van der Waals surface area contributed by atoms with Crippen molar-refractivity contribution in [3.05, 3.63) is 42.5 Å². The zero-order valence-corrected chi connectivity index (χ0v) is 19.6. The van der Waals surface area contributed by atoms with Crippen LogP contribution >= 0.6 is 0 Å². The molecule has 0 aromatic heterocycles. The van der Waals surface area contributed by atoms with E-state index < -0.39 is 16.1 Å². The molecule has 1 aliphatic heterocycles. The van der Waals surface area contributed by atoms with E-state index in [-0.39, 0.29) is 30.1 Å². The highest BCUT2D eigenvalue weighted by molar-refractivity contribution is 7.89. The van der Waals surface area contributed by atoms with E-state index in [9.17, 15) is 13.5 Å². The molecule has 0 amide bonds. The van der Waals surface area contributed by atoms with Gasteiger partial charge in [-0.05, 0) is 56.4 Å². The lowest BCUT2D eigenvalue weighted by Crippen LogP contribution is -2.49. The number of nitrogens with zero attached hydrogens (tertiary/aromatic N) is 2. The van der Waals surface area contributed by atoms with Crippen LogP contribution in [0.25, 0.3) is 11.1 Å². The molecule has 0 saturated heterocycles. The van der Waals surface area contributed by atoms with Crippen LogP contribution in [0.2, 0.25) is 0 Å². The Hall–Kier alpha value is -2.13. The van der Waals surface area contributed by atoms with Gasteiger partial charge in [-0.2, -0.15) is 4.31 Å². The fourth-order valence-electron chi connectivity index (χ4n) is 3.77. The molecule has 1 heterocycles. The minimum Gasteiger partial charge on any atom is -0.497 e. The molecule has 170 valence electrons. The molecule has 0 fully saturated rings. The number of ether oxygens (including phenoxy) is 2. The summed E-state index contributed by atoms with van der Waals surface area (Å²) in [5.74, 6) is 1.02. The number of methoxy groups -OCH3 is 1. The van der Waals surface area contributed by atoms with Gasteiger partial charge in [-0.1, -0.05) is 25.1 Å². The third-order valence-electron chi connectivity index (χ3n) is 5.64. The summed E-state index contributed by atoms with van der Waals surface area (Å²) < 4.78 is 39.9. The molecule has 1 N–H and O–H groups in total. The largest absolute Gasteiger partial charge is 0.497 e. The number of benzene rings is 2. The van der Waals surface area contributed by atoms with Crippen LogP contribution in [0.1, 0.15) is 13.8 Å². The van der Waals surface area contributed by atoms with Gasteiger partial charge in [-0.3, -0.25) is 0 Å². The van der Waals surface area contributed by atoms with E-state index in [1.807, 2.05) is 50.2 Å². The van der Waals surface area contributed by atoms with Gasteiger partial charge < -0.3 is 19.5 Å². The number of hydrogen-bond donors (Lipinski definition) is 1. The summed E-state index contributed by atoms with van der Waals surface area (Å²) >= 11 is 0. The van der Waals surface area contributed by atoms with E-state index in [1.54, 1.807) is 32.2 Å². The normalized spacial score (nSPS) is 22.2. The number of likely N-dealkylation sites (N-methyl/N-ethyl adjacent to an activating group) is 1. The van der Waals surface area contributed by atoms with E-state index in [2.05, 4.69) is 0 Å². The monoisotopic (exact) mass is 448 g/mol. The summed E-state index contributed by atoms with van der Waals surface area (Å²) in [5.41, 5.74) is 1.79. The molecule has 0 spiro atoms. The molecule has 7 nitrogen and oxygen atoms in total. The molecule has 2 aromatic rings. The van der Waals surface area contributed by atoms with E-state index >= 15 is 0 Å². The number of sulfonamides is 1. The Kier molecular flexibility index (Phi) is 7.26. The van der Waals surface area contributed by atoms with Gasteiger partial charge in [-0.15, -0.1) is 0 Å². The van der Waals surface area contributed by atoms with Crippen molar-refractivity contribution in [2.75, 3.05) is 40.9 Å². The number of hydrogen-bond acceptors (Lipinski definition) is 6. The Morgan fingerprint density at radius 1 is 1.19 bits per heavy atom.